The third kappa shape index (κ3) is 5.56. The molecule has 5 nitrogen and oxygen atoms in total. The molecule has 134 valence electrons. The summed E-state index contributed by atoms with van der Waals surface area (Å²) in [5, 5.41) is 6.82. The molecule has 0 unspecified atom stereocenters. The van der Waals surface area contributed by atoms with Gasteiger partial charge in [0.1, 0.15) is 11.5 Å². The number of halogens is 1. The summed E-state index contributed by atoms with van der Waals surface area (Å²) < 4.78 is 10.5. The zero-order valence-electron chi connectivity index (χ0n) is 14.5. The second-order valence-corrected chi connectivity index (χ2v) is 6.54. The number of nitrogens with one attached hydrogen (secondary N) is 2. The molecule has 1 aromatic carbocycles. The average molecular weight is 355 g/mol. The molecule has 0 heterocycles. The Morgan fingerprint density at radius 1 is 1.12 bits per heavy atom. The third-order valence-corrected chi connectivity index (χ3v) is 4.68. The van der Waals surface area contributed by atoms with Crippen molar-refractivity contribution in [3.63, 3.8) is 0 Å². The zero-order valence-corrected chi connectivity index (χ0v) is 15.2. The summed E-state index contributed by atoms with van der Waals surface area (Å²) in [4.78, 5) is 12.2. The van der Waals surface area contributed by atoms with Crippen molar-refractivity contribution in [3.05, 3.63) is 17.2 Å². The molecule has 1 aromatic rings. The van der Waals surface area contributed by atoms with Crippen molar-refractivity contribution < 1.29 is 14.3 Å². The van der Waals surface area contributed by atoms with Crippen LogP contribution in [0.5, 0.6) is 11.5 Å². The molecule has 1 amide bonds. The predicted molar refractivity (Wildman–Crippen MR) is 97.3 cm³/mol. The highest BCUT2D eigenvalue weighted by molar-refractivity contribution is 6.32. The van der Waals surface area contributed by atoms with Gasteiger partial charge in [-0.25, -0.2) is 0 Å². The lowest BCUT2D eigenvalue weighted by Crippen LogP contribution is -2.31. The molecular weight excluding hydrogens is 328 g/mol. The molecule has 1 aliphatic rings. The normalized spacial score (nSPS) is 15.6. The van der Waals surface area contributed by atoms with E-state index in [9.17, 15) is 4.79 Å². The lowest BCUT2D eigenvalue weighted by atomic mass is 10.1. The maximum atomic E-state index is 12.2. The molecule has 0 aliphatic heterocycles. The number of carbonyl (C=O) groups is 1. The molecule has 0 bridgehead atoms. The lowest BCUT2D eigenvalue weighted by molar-refractivity contribution is -0.116. The van der Waals surface area contributed by atoms with E-state index in [0.29, 0.717) is 41.2 Å². The Balaban J connectivity index is 1.85. The van der Waals surface area contributed by atoms with Gasteiger partial charge in [-0.2, -0.15) is 0 Å². The molecular formula is C18H27ClN2O3. The zero-order chi connectivity index (χ0) is 17.4. The van der Waals surface area contributed by atoms with Crippen molar-refractivity contribution in [1.29, 1.82) is 0 Å². The summed E-state index contributed by atoms with van der Waals surface area (Å²) in [5.41, 5.74) is 0.568. The van der Waals surface area contributed by atoms with Gasteiger partial charge in [0.2, 0.25) is 5.91 Å². The number of rotatable bonds is 7. The van der Waals surface area contributed by atoms with E-state index in [-0.39, 0.29) is 5.91 Å². The van der Waals surface area contributed by atoms with Crippen LogP contribution in [0, 0.1) is 0 Å². The Hall–Kier alpha value is -1.46. The van der Waals surface area contributed by atoms with Crippen molar-refractivity contribution in [1.82, 2.24) is 5.32 Å². The van der Waals surface area contributed by atoms with E-state index in [1.807, 2.05) is 0 Å². The summed E-state index contributed by atoms with van der Waals surface area (Å²) in [6, 6.07) is 3.86. The third-order valence-electron chi connectivity index (χ3n) is 4.39. The lowest BCUT2D eigenvalue weighted by Gasteiger charge is -2.16. The van der Waals surface area contributed by atoms with E-state index in [4.69, 9.17) is 21.1 Å². The molecule has 1 fully saturated rings. The molecule has 0 aromatic heterocycles. The Labute approximate surface area is 149 Å². The summed E-state index contributed by atoms with van der Waals surface area (Å²) in [5.74, 6) is 0.967. The standard InChI is InChI=1S/C18H27ClN2O3/c1-23-16-12-15(17(24-2)11-14(16)19)21-18(22)9-10-20-13-7-5-3-4-6-8-13/h11-13,20H,3-10H2,1-2H3,(H,21,22). The highest BCUT2D eigenvalue weighted by Gasteiger charge is 2.14. The summed E-state index contributed by atoms with van der Waals surface area (Å²) in [6.07, 6.45) is 8.07. The quantitative estimate of drug-likeness (QED) is 0.726. The number of benzene rings is 1. The van der Waals surface area contributed by atoms with E-state index >= 15 is 0 Å². The van der Waals surface area contributed by atoms with Gasteiger partial charge < -0.3 is 20.1 Å². The molecule has 24 heavy (non-hydrogen) atoms. The van der Waals surface area contributed by atoms with Crippen LogP contribution in [-0.4, -0.2) is 32.7 Å². The maximum absolute atomic E-state index is 12.2. The van der Waals surface area contributed by atoms with Gasteiger partial charge in [0.15, 0.2) is 0 Å². The maximum Gasteiger partial charge on any atom is 0.225 e. The topological polar surface area (TPSA) is 59.6 Å². The second-order valence-electron chi connectivity index (χ2n) is 6.13. The molecule has 1 aliphatic carbocycles. The fraction of sp³-hybridized carbons (Fsp3) is 0.611. The Morgan fingerprint density at radius 3 is 2.42 bits per heavy atom. The van der Waals surface area contributed by atoms with Crippen LogP contribution >= 0.6 is 11.6 Å². The molecule has 6 heteroatoms. The summed E-state index contributed by atoms with van der Waals surface area (Å²) >= 11 is 6.07. The number of carbonyl (C=O) groups excluding carboxylic acids is 1. The van der Waals surface area contributed by atoms with Crippen LogP contribution in [0.2, 0.25) is 5.02 Å². The van der Waals surface area contributed by atoms with Crippen molar-refractivity contribution in [2.75, 3.05) is 26.1 Å². The van der Waals surface area contributed by atoms with Gasteiger partial charge >= 0.3 is 0 Å². The second kappa shape index (κ2) is 9.74. The Morgan fingerprint density at radius 2 is 1.79 bits per heavy atom. The molecule has 1 saturated carbocycles. The molecule has 0 spiro atoms. The van der Waals surface area contributed by atoms with Crippen LogP contribution in [0.15, 0.2) is 12.1 Å². The number of anilines is 1. The first-order chi connectivity index (χ1) is 11.6. The van der Waals surface area contributed by atoms with Crippen molar-refractivity contribution >= 4 is 23.2 Å². The Bertz CT molecular complexity index is 543. The molecule has 0 radical (unpaired) electrons. The summed E-state index contributed by atoms with van der Waals surface area (Å²) in [7, 11) is 3.08. The predicted octanol–water partition coefficient (Wildman–Crippen LogP) is 4.00. The smallest absolute Gasteiger partial charge is 0.225 e. The van der Waals surface area contributed by atoms with Gasteiger partial charge in [0.05, 0.1) is 24.9 Å². The highest BCUT2D eigenvalue weighted by Crippen LogP contribution is 2.35. The molecule has 0 saturated heterocycles. The largest absolute Gasteiger partial charge is 0.495 e. The number of amides is 1. The van der Waals surface area contributed by atoms with Gasteiger partial charge in [-0.05, 0) is 12.8 Å². The monoisotopic (exact) mass is 354 g/mol. The highest BCUT2D eigenvalue weighted by atomic mass is 35.5. The molecule has 0 atom stereocenters. The van der Waals surface area contributed by atoms with Gasteiger partial charge in [-0.1, -0.05) is 37.3 Å². The van der Waals surface area contributed by atoms with Crippen LogP contribution in [0.4, 0.5) is 5.69 Å². The van der Waals surface area contributed by atoms with Crippen LogP contribution in [0.25, 0.3) is 0 Å². The Kier molecular flexibility index (Phi) is 7.66. The van der Waals surface area contributed by atoms with E-state index in [2.05, 4.69) is 10.6 Å². The minimum Gasteiger partial charge on any atom is -0.495 e. The van der Waals surface area contributed by atoms with E-state index in [1.165, 1.54) is 45.6 Å². The van der Waals surface area contributed by atoms with E-state index < -0.39 is 0 Å². The number of methoxy groups -OCH3 is 2. The number of hydrogen-bond acceptors (Lipinski definition) is 4. The fourth-order valence-corrected chi connectivity index (χ4v) is 3.27. The fourth-order valence-electron chi connectivity index (χ4n) is 3.04. The van der Waals surface area contributed by atoms with Crippen molar-refractivity contribution in [2.45, 2.75) is 51.0 Å². The minimum atomic E-state index is -0.0567. The minimum absolute atomic E-state index is 0.0567. The molecule has 2 N–H and O–H groups in total. The van der Waals surface area contributed by atoms with Crippen LogP contribution in [0.1, 0.15) is 44.9 Å². The van der Waals surface area contributed by atoms with Crippen LogP contribution in [0.3, 0.4) is 0 Å². The summed E-state index contributed by atoms with van der Waals surface area (Å²) in [6.45, 7) is 0.684. The van der Waals surface area contributed by atoms with Gasteiger partial charge in [0, 0.05) is 31.1 Å². The van der Waals surface area contributed by atoms with Gasteiger partial charge in [0.25, 0.3) is 0 Å². The number of hydrogen-bond donors (Lipinski definition) is 2. The van der Waals surface area contributed by atoms with Gasteiger partial charge in [-0.15, -0.1) is 0 Å². The van der Waals surface area contributed by atoms with Crippen LogP contribution in [-0.2, 0) is 4.79 Å². The van der Waals surface area contributed by atoms with Gasteiger partial charge in [-0.3, -0.25) is 4.79 Å². The number of ether oxygens (including phenoxy) is 2. The van der Waals surface area contributed by atoms with Crippen LogP contribution < -0.4 is 20.1 Å². The first-order valence-electron chi connectivity index (χ1n) is 8.58. The van der Waals surface area contributed by atoms with Crippen molar-refractivity contribution in [3.8, 4) is 11.5 Å². The SMILES string of the molecule is COc1cc(NC(=O)CCNC2CCCCCC2)c(OC)cc1Cl. The first kappa shape index (κ1) is 18.9. The van der Waals surface area contributed by atoms with E-state index in [0.717, 1.165) is 0 Å². The van der Waals surface area contributed by atoms with Crippen molar-refractivity contribution in [2.24, 2.45) is 0 Å². The molecule has 2 rings (SSSR count). The average Bonchev–Trinajstić information content (AvgIpc) is 2.85. The first-order valence-corrected chi connectivity index (χ1v) is 8.96. The van der Waals surface area contributed by atoms with E-state index in [1.54, 1.807) is 19.2 Å².